The van der Waals surface area contributed by atoms with E-state index in [4.69, 9.17) is 10.5 Å². The van der Waals surface area contributed by atoms with E-state index in [1.54, 1.807) is 0 Å². The van der Waals surface area contributed by atoms with Gasteiger partial charge in [0.15, 0.2) is 0 Å². The van der Waals surface area contributed by atoms with E-state index in [9.17, 15) is 13.2 Å². The molecule has 23 heavy (non-hydrogen) atoms. The highest BCUT2D eigenvalue weighted by Gasteiger charge is 2.22. The molecule has 128 valence electrons. The minimum atomic E-state index is -3.71. The molecule has 1 saturated heterocycles. The minimum Gasteiger partial charge on any atom is -0.496 e. The standard InChI is InChI=1S/C15H23N3O4S/c1-11(18-7-3-4-8-18)10-17-23(20,21)12-5-6-14(22-2)13(9-12)15(16)19/h5-6,9,11,17H,3-4,7-8,10H2,1-2H3,(H2,16,19). The number of nitrogens with one attached hydrogen (secondary N) is 1. The van der Waals surface area contributed by atoms with E-state index in [-0.39, 0.29) is 22.3 Å². The molecule has 1 aromatic carbocycles. The molecule has 1 fully saturated rings. The van der Waals surface area contributed by atoms with Gasteiger partial charge in [-0.25, -0.2) is 13.1 Å². The molecule has 2 rings (SSSR count). The molecule has 1 atom stereocenters. The van der Waals surface area contributed by atoms with Crippen LogP contribution in [0.25, 0.3) is 0 Å². The fraction of sp³-hybridized carbons (Fsp3) is 0.533. The maximum absolute atomic E-state index is 12.4. The number of rotatable bonds is 7. The molecule has 0 radical (unpaired) electrons. The second kappa shape index (κ2) is 7.29. The molecule has 7 nitrogen and oxygen atoms in total. The Bertz CT molecular complexity index is 669. The van der Waals surface area contributed by atoms with E-state index in [1.165, 1.54) is 25.3 Å². The molecule has 1 heterocycles. The van der Waals surface area contributed by atoms with Crippen LogP contribution in [0.15, 0.2) is 23.1 Å². The number of benzene rings is 1. The first kappa shape index (κ1) is 17.7. The van der Waals surface area contributed by atoms with Crippen molar-refractivity contribution in [3.8, 4) is 5.75 Å². The van der Waals surface area contributed by atoms with E-state index < -0.39 is 15.9 Å². The lowest BCUT2D eigenvalue weighted by Crippen LogP contribution is -2.40. The number of sulfonamides is 1. The summed E-state index contributed by atoms with van der Waals surface area (Å²) in [7, 11) is -2.31. The quantitative estimate of drug-likeness (QED) is 0.754. The maximum atomic E-state index is 12.4. The van der Waals surface area contributed by atoms with Crippen molar-refractivity contribution in [1.82, 2.24) is 9.62 Å². The summed E-state index contributed by atoms with van der Waals surface area (Å²) in [5.74, 6) is -0.480. The molecule has 1 unspecified atom stereocenters. The summed E-state index contributed by atoms with van der Waals surface area (Å²) in [5.41, 5.74) is 5.31. The number of nitrogens with two attached hydrogens (primary N) is 1. The molecule has 1 amide bonds. The molecule has 1 aromatic rings. The number of carbonyl (C=O) groups is 1. The van der Waals surface area contributed by atoms with Crippen molar-refractivity contribution in [2.24, 2.45) is 5.73 Å². The molecule has 1 aliphatic rings. The molecule has 0 saturated carbocycles. The van der Waals surface area contributed by atoms with E-state index >= 15 is 0 Å². The topological polar surface area (TPSA) is 102 Å². The molecule has 0 aromatic heterocycles. The van der Waals surface area contributed by atoms with Crippen LogP contribution in [0, 0.1) is 0 Å². The van der Waals surface area contributed by atoms with Crippen LogP contribution < -0.4 is 15.2 Å². The molecule has 8 heteroatoms. The van der Waals surface area contributed by atoms with Gasteiger partial charge in [-0.05, 0) is 51.1 Å². The van der Waals surface area contributed by atoms with Gasteiger partial charge >= 0.3 is 0 Å². The van der Waals surface area contributed by atoms with E-state index in [1.807, 2.05) is 6.92 Å². The van der Waals surface area contributed by atoms with Gasteiger partial charge in [0.2, 0.25) is 10.0 Å². The van der Waals surface area contributed by atoms with Gasteiger partial charge in [-0.15, -0.1) is 0 Å². The Morgan fingerprint density at radius 1 is 1.39 bits per heavy atom. The third-order valence-corrected chi connectivity index (χ3v) is 5.50. The van der Waals surface area contributed by atoms with Gasteiger partial charge in [-0.3, -0.25) is 9.69 Å². The van der Waals surface area contributed by atoms with Gasteiger partial charge in [-0.1, -0.05) is 0 Å². The largest absolute Gasteiger partial charge is 0.496 e. The van der Waals surface area contributed by atoms with Gasteiger partial charge < -0.3 is 10.5 Å². The predicted octanol–water partition coefficient (Wildman–Crippen LogP) is 0.557. The summed E-state index contributed by atoms with van der Waals surface area (Å²) in [4.78, 5) is 13.7. The van der Waals surface area contributed by atoms with Crippen LogP contribution in [0.4, 0.5) is 0 Å². The number of likely N-dealkylation sites (tertiary alicyclic amines) is 1. The van der Waals surface area contributed by atoms with E-state index in [2.05, 4.69) is 9.62 Å². The van der Waals surface area contributed by atoms with Crippen LogP contribution in [-0.2, 0) is 10.0 Å². The normalized spacial score (nSPS) is 17.1. The number of carbonyl (C=O) groups excluding carboxylic acids is 1. The maximum Gasteiger partial charge on any atom is 0.252 e. The molecular formula is C15H23N3O4S. The Hall–Kier alpha value is -1.64. The molecule has 0 spiro atoms. The van der Waals surface area contributed by atoms with Crippen LogP contribution in [0.3, 0.4) is 0 Å². The highest BCUT2D eigenvalue weighted by molar-refractivity contribution is 7.89. The summed E-state index contributed by atoms with van der Waals surface area (Å²) in [5, 5.41) is 0. The minimum absolute atomic E-state index is 0.000668. The molecule has 1 aliphatic heterocycles. The number of hydrogen-bond donors (Lipinski definition) is 2. The lowest BCUT2D eigenvalue weighted by atomic mass is 10.2. The summed E-state index contributed by atoms with van der Waals surface area (Å²) >= 11 is 0. The molecular weight excluding hydrogens is 318 g/mol. The average molecular weight is 341 g/mol. The summed E-state index contributed by atoms with van der Waals surface area (Å²) in [6.45, 7) is 4.31. The smallest absolute Gasteiger partial charge is 0.252 e. The highest BCUT2D eigenvalue weighted by Crippen LogP contribution is 2.22. The number of methoxy groups -OCH3 is 1. The zero-order valence-electron chi connectivity index (χ0n) is 13.4. The van der Waals surface area contributed by atoms with Crippen LogP contribution in [0.5, 0.6) is 5.75 Å². The Kier molecular flexibility index (Phi) is 5.61. The molecule has 0 bridgehead atoms. The number of ether oxygens (including phenoxy) is 1. The van der Waals surface area contributed by atoms with Gasteiger partial charge in [0, 0.05) is 12.6 Å². The lowest BCUT2D eigenvalue weighted by Gasteiger charge is -2.23. The molecule has 3 N–H and O–H groups in total. The summed E-state index contributed by atoms with van der Waals surface area (Å²) in [6.07, 6.45) is 2.30. The first-order valence-corrected chi connectivity index (χ1v) is 9.05. The average Bonchev–Trinajstić information content (AvgIpc) is 3.06. The number of nitrogens with zero attached hydrogens (tertiary/aromatic N) is 1. The first-order valence-electron chi connectivity index (χ1n) is 7.56. The van der Waals surface area contributed by atoms with Crippen molar-refractivity contribution in [2.75, 3.05) is 26.7 Å². The monoisotopic (exact) mass is 341 g/mol. The second-order valence-electron chi connectivity index (χ2n) is 5.67. The van der Waals surface area contributed by atoms with Gasteiger partial charge in [0.05, 0.1) is 17.6 Å². The third-order valence-electron chi connectivity index (χ3n) is 4.08. The highest BCUT2D eigenvalue weighted by atomic mass is 32.2. The molecule has 0 aliphatic carbocycles. The fourth-order valence-electron chi connectivity index (χ4n) is 2.67. The third kappa shape index (κ3) is 4.21. The number of amides is 1. The first-order chi connectivity index (χ1) is 10.8. The zero-order valence-corrected chi connectivity index (χ0v) is 14.2. The van der Waals surface area contributed by atoms with Crippen molar-refractivity contribution >= 4 is 15.9 Å². The SMILES string of the molecule is COc1ccc(S(=O)(=O)NCC(C)N2CCCC2)cc1C(N)=O. The van der Waals surface area contributed by atoms with Crippen molar-refractivity contribution in [3.63, 3.8) is 0 Å². The Labute approximate surface area is 136 Å². The van der Waals surface area contributed by atoms with Crippen molar-refractivity contribution in [1.29, 1.82) is 0 Å². The predicted molar refractivity (Wildman–Crippen MR) is 87.0 cm³/mol. The Balaban J connectivity index is 2.12. The summed E-state index contributed by atoms with van der Waals surface area (Å²) in [6, 6.07) is 4.19. The van der Waals surface area contributed by atoms with Crippen molar-refractivity contribution in [2.45, 2.75) is 30.7 Å². The van der Waals surface area contributed by atoms with E-state index in [0.29, 0.717) is 6.54 Å². The van der Waals surface area contributed by atoms with Crippen LogP contribution in [0.1, 0.15) is 30.1 Å². The zero-order chi connectivity index (χ0) is 17.0. The van der Waals surface area contributed by atoms with Gasteiger partial charge in [0.25, 0.3) is 5.91 Å². The van der Waals surface area contributed by atoms with Crippen LogP contribution in [-0.4, -0.2) is 52.0 Å². The van der Waals surface area contributed by atoms with Crippen molar-refractivity contribution < 1.29 is 17.9 Å². The van der Waals surface area contributed by atoms with Crippen molar-refractivity contribution in [3.05, 3.63) is 23.8 Å². The van der Waals surface area contributed by atoms with Gasteiger partial charge in [-0.2, -0.15) is 0 Å². The number of primary amides is 1. The lowest BCUT2D eigenvalue weighted by molar-refractivity contribution is 0.0997. The number of hydrogen-bond acceptors (Lipinski definition) is 5. The Morgan fingerprint density at radius 3 is 2.61 bits per heavy atom. The van der Waals surface area contributed by atoms with E-state index in [0.717, 1.165) is 25.9 Å². The van der Waals surface area contributed by atoms with Crippen LogP contribution in [0.2, 0.25) is 0 Å². The van der Waals surface area contributed by atoms with Crippen LogP contribution >= 0.6 is 0 Å². The second-order valence-corrected chi connectivity index (χ2v) is 7.44. The fourth-order valence-corrected chi connectivity index (χ4v) is 3.82. The van der Waals surface area contributed by atoms with Gasteiger partial charge in [0.1, 0.15) is 5.75 Å². The Morgan fingerprint density at radius 2 is 2.04 bits per heavy atom. The summed E-state index contributed by atoms with van der Waals surface area (Å²) < 4.78 is 32.4.